The Morgan fingerprint density at radius 2 is 1.94 bits per heavy atom. The largest absolute Gasteiger partial charge is 0.224 e. The van der Waals surface area contributed by atoms with Gasteiger partial charge in [0.1, 0.15) is 5.03 Å². The first-order chi connectivity index (χ1) is 8.83. The molecule has 0 unspecified atom stereocenters. The molecule has 0 amide bonds. The zero-order valence-corrected chi connectivity index (χ0v) is 11.7. The van der Waals surface area contributed by atoms with Gasteiger partial charge in [0.2, 0.25) is 5.28 Å². The van der Waals surface area contributed by atoms with Gasteiger partial charge >= 0.3 is 0 Å². The molecule has 3 aromatic rings. The van der Waals surface area contributed by atoms with E-state index in [-0.39, 0.29) is 0 Å². The molecule has 0 aliphatic rings. The number of thiophene rings is 1. The van der Waals surface area contributed by atoms with Gasteiger partial charge in [-0.05, 0) is 28.6 Å². The molecule has 0 saturated heterocycles. The van der Waals surface area contributed by atoms with E-state index >= 15 is 0 Å². The second-order valence-corrected chi connectivity index (χ2v) is 5.93. The number of thioether (sulfide) groups is 1. The van der Waals surface area contributed by atoms with Gasteiger partial charge in [-0.25, -0.2) is 9.97 Å². The third-order valence-corrected chi connectivity index (χ3v) is 4.72. The maximum Gasteiger partial charge on any atom is 0.224 e. The van der Waals surface area contributed by atoms with E-state index in [2.05, 4.69) is 22.1 Å². The lowest BCUT2D eigenvalue weighted by Crippen LogP contribution is -1.87. The summed E-state index contributed by atoms with van der Waals surface area (Å²) < 4.78 is 1.11. The SMILES string of the molecule is Clc1nc(SCc2ccccc2)c2sccc2n1. The molecule has 0 aliphatic carbocycles. The molecule has 2 aromatic heterocycles. The van der Waals surface area contributed by atoms with Crippen LogP contribution in [0, 0.1) is 0 Å². The summed E-state index contributed by atoms with van der Waals surface area (Å²) >= 11 is 9.28. The Bertz CT molecular complexity index is 667. The Morgan fingerprint density at radius 3 is 2.78 bits per heavy atom. The van der Waals surface area contributed by atoms with Crippen LogP contribution in [0.4, 0.5) is 0 Å². The summed E-state index contributed by atoms with van der Waals surface area (Å²) in [5.74, 6) is 0.890. The molecule has 0 aliphatic heterocycles. The Morgan fingerprint density at radius 1 is 1.11 bits per heavy atom. The van der Waals surface area contributed by atoms with Gasteiger partial charge in [0.25, 0.3) is 0 Å². The fraction of sp³-hybridized carbons (Fsp3) is 0.0769. The van der Waals surface area contributed by atoms with E-state index in [9.17, 15) is 0 Å². The maximum atomic E-state index is 5.93. The molecular weight excluding hydrogens is 284 g/mol. The number of rotatable bonds is 3. The van der Waals surface area contributed by atoms with Crippen molar-refractivity contribution in [2.75, 3.05) is 0 Å². The zero-order chi connectivity index (χ0) is 12.4. The van der Waals surface area contributed by atoms with E-state index in [0.717, 1.165) is 21.0 Å². The lowest BCUT2D eigenvalue weighted by molar-refractivity contribution is 1.11. The molecule has 3 rings (SSSR count). The van der Waals surface area contributed by atoms with Crippen molar-refractivity contribution in [2.45, 2.75) is 10.8 Å². The Hall–Kier alpha value is -1.10. The van der Waals surface area contributed by atoms with Crippen LogP contribution in [-0.4, -0.2) is 9.97 Å². The topological polar surface area (TPSA) is 25.8 Å². The molecule has 0 N–H and O–H groups in total. The van der Waals surface area contributed by atoms with Crippen molar-refractivity contribution in [1.82, 2.24) is 9.97 Å². The quantitative estimate of drug-likeness (QED) is 0.400. The summed E-state index contributed by atoms with van der Waals surface area (Å²) in [6, 6.07) is 12.3. The third-order valence-electron chi connectivity index (χ3n) is 2.46. The lowest BCUT2D eigenvalue weighted by atomic mass is 10.2. The molecule has 90 valence electrons. The molecule has 0 fully saturated rings. The molecule has 0 atom stereocenters. The van der Waals surface area contributed by atoms with Crippen LogP contribution >= 0.6 is 34.7 Å². The van der Waals surface area contributed by atoms with Crippen LogP contribution in [0.25, 0.3) is 10.2 Å². The van der Waals surface area contributed by atoms with Gasteiger partial charge in [-0.2, -0.15) is 0 Å². The normalized spacial score (nSPS) is 10.9. The Labute approximate surface area is 118 Å². The van der Waals surface area contributed by atoms with Crippen molar-refractivity contribution in [3.8, 4) is 0 Å². The zero-order valence-electron chi connectivity index (χ0n) is 9.34. The summed E-state index contributed by atoms with van der Waals surface area (Å²) in [5, 5.41) is 3.29. The van der Waals surface area contributed by atoms with Crippen molar-refractivity contribution in [1.29, 1.82) is 0 Å². The minimum absolute atomic E-state index is 0.316. The smallest absolute Gasteiger partial charge is 0.217 e. The van der Waals surface area contributed by atoms with Crippen LogP contribution in [0.1, 0.15) is 5.56 Å². The van der Waals surface area contributed by atoms with Gasteiger partial charge in [0, 0.05) is 5.75 Å². The monoisotopic (exact) mass is 292 g/mol. The second-order valence-electron chi connectivity index (χ2n) is 3.71. The van der Waals surface area contributed by atoms with E-state index < -0.39 is 0 Å². The highest BCUT2D eigenvalue weighted by Gasteiger charge is 2.08. The molecule has 5 heteroatoms. The number of nitrogens with zero attached hydrogens (tertiary/aromatic N) is 2. The van der Waals surface area contributed by atoms with Crippen molar-refractivity contribution >= 4 is 44.9 Å². The second kappa shape index (κ2) is 5.26. The minimum atomic E-state index is 0.316. The standard InChI is InChI=1S/C13H9ClN2S2/c14-13-15-10-6-7-17-11(10)12(16-13)18-8-9-4-2-1-3-5-9/h1-7H,8H2. The molecular formula is C13H9ClN2S2. The number of halogens is 1. The molecule has 1 aromatic carbocycles. The van der Waals surface area contributed by atoms with E-state index in [1.807, 2.05) is 29.6 Å². The predicted molar refractivity (Wildman–Crippen MR) is 78.4 cm³/mol. The summed E-state index contributed by atoms with van der Waals surface area (Å²) in [7, 11) is 0. The number of benzene rings is 1. The first kappa shape index (κ1) is 12.0. The summed E-state index contributed by atoms with van der Waals surface area (Å²) in [6.45, 7) is 0. The molecule has 2 nitrogen and oxygen atoms in total. The fourth-order valence-corrected chi connectivity index (χ4v) is 3.78. The first-order valence-electron chi connectivity index (χ1n) is 5.40. The molecule has 0 spiro atoms. The van der Waals surface area contributed by atoms with Gasteiger partial charge < -0.3 is 0 Å². The van der Waals surface area contributed by atoms with Gasteiger partial charge in [-0.3, -0.25) is 0 Å². The summed E-state index contributed by atoms with van der Waals surface area (Å²) in [4.78, 5) is 8.52. The average molecular weight is 293 g/mol. The van der Waals surface area contributed by atoms with Gasteiger partial charge in [0.15, 0.2) is 0 Å². The first-order valence-corrected chi connectivity index (χ1v) is 7.65. The number of fused-ring (bicyclic) bond motifs is 1. The van der Waals surface area contributed by atoms with Crippen molar-refractivity contribution < 1.29 is 0 Å². The van der Waals surface area contributed by atoms with Gasteiger partial charge in [-0.15, -0.1) is 23.1 Å². The number of aromatic nitrogens is 2. The number of hydrogen-bond acceptors (Lipinski definition) is 4. The van der Waals surface area contributed by atoms with E-state index in [1.54, 1.807) is 23.1 Å². The van der Waals surface area contributed by atoms with Crippen LogP contribution in [0.3, 0.4) is 0 Å². The van der Waals surface area contributed by atoms with E-state index in [1.165, 1.54) is 5.56 Å². The van der Waals surface area contributed by atoms with E-state index in [0.29, 0.717) is 5.28 Å². The summed E-state index contributed by atoms with van der Waals surface area (Å²) in [6.07, 6.45) is 0. The van der Waals surface area contributed by atoms with Crippen LogP contribution < -0.4 is 0 Å². The highest BCUT2D eigenvalue weighted by Crippen LogP contribution is 2.32. The lowest BCUT2D eigenvalue weighted by Gasteiger charge is -2.03. The Balaban J connectivity index is 1.88. The highest BCUT2D eigenvalue weighted by atomic mass is 35.5. The average Bonchev–Trinajstić information content (AvgIpc) is 2.85. The van der Waals surface area contributed by atoms with Crippen LogP contribution in [0.5, 0.6) is 0 Å². The predicted octanol–water partition coefficient (Wildman–Crippen LogP) is 4.64. The maximum absolute atomic E-state index is 5.93. The van der Waals surface area contributed by atoms with Crippen molar-refractivity contribution in [3.63, 3.8) is 0 Å². The molecule has 0 radical (unpaired) electrons. The fourth-order valence-electron chi connectivity index (χ4n) is 1.63. The number of hydrogen-bond donors (Lipinski definition) is 0. The van der Waals surface area contributed by atoms with Crippen LogP contribution in [-0.2, 0) is 5.75 Å². The Kier molecular flexibility index (Phi) is 3.50. The van der Waals surface area contributed by atoms with Crippen LogP contribution in [0.2, 0.25) is 5.28 Å². The third kappa shape index (κ3) is 2.51. The molecule has 0 bridgehead atoms. The minimum Gasteiger partial charge on any atom is -0.217 e. The summed E-state index contributed by atoms with van der Waals surface area (Å²) in [5.41, 5.74) is 2.21. The van der Waals surface area contributed by atoms with Gasteiger partial charge in [0.05, 0.1) is 10.2 Å². The molecule has 2 heterocycles. The molecule has 18 heavy (non-hydrogen) atoms. The van der Waals surface area contributed by atoms with Crippen molar-refractivity contribution in [2.24, 2.45) is 0 Å². The van der Waals surface area contributed by atoms with Crippen LogP contribution in [0.15, 0.2) is 46.8 Å². The highest BCUT2D eigenvalue weighted by molar-refractivity contribution is 7.98. The molecule has 0 saturated carbocycles. The van der Waals surface area contributed by atoms with Crippen molar-refractivity contribution in [3.05, 3.63) is 52.6 Å². The van der Waals surface area contributed by atoms with E-state index in [4.69, 9.17) is 11.6 Å². The van der Waals surface area contributed by atoms with Gasteiger partial charge in [-0.1, -0.05) is 30.3 Å².